The van der Waals surface area contributed by atoms with Crippen molar-refractivity contribution in [2.24, 2.45) is 0 Å². The highest BCUT2D eigenvalue weighted by Gasteiger charge is 2.40. The lowest BCUT2D eigenvalue weighted by atomic mass is 10.2. The maximum absolute atomic E-state index is 13.3. The lowest BCUT2D eigenvalue weighted by molar-refractivity contribution is 0.0747. The van der Waals surface area contributed by atoms with E-state index in [0.29, 0.717) is 30.8 Å². The highest BCUT2D eigenvalue weighted by Crippen LogP contribution is 2.25. The van der Waals surface area contributed by atoms with Crippen molar-refractivity contribution in [3.05, 3.63) is 71.8 Å². The Hall–Kier alpha value is -2.05. The summed E-state index contributed by atoms with van der Waals surface area (Å²) in [6, 6.07) is 19.3. The number of nitrogens with one attached hydrogen (secondary N) is 1. The van der Waals surface area contributed by atoms with E-state index in [2.05, 4.69) is 51.1 Å². The zero-order chi connectivity index (χ0) is 26.1. The largest absolute Gasteiger partial charge is 0.437 e. The maximum Gasteiger partial charge on any atom is 0.314 e. The molecule has 192 valence electrons. The summed E-state index contributed by atoms with van der Waals surface area (Å²) in [7, 11) is -5.94. The monoisotopic (exact) mass is 530 g/mol. The Morgan fingerprint density at radius 1 is 0.743 bits per heavy atom. The average molecular weight is 531 g/mol. The van der Waals surface area contributed by atoms with E-state index in [-0.39, 0.29) is 11.8 Å². The highest BCUT2D eigenvalue weighted by atomic mass is 28.5. The van der Waals surface area contributed by atoms with Gasteiger partial charge in [-0.2, -0.15) is 0 Å². The second-order valence-electron chi connectivity index (χ2n) is 10.9. The summed E-state index contributed by atoms with van der Waals surface area (Å²) in [5.74, 6) is -0.162. The molecule has 2 aromatic rings. The van der Waals surface area contributed by atoms with Crippen molar-refractivity contribution in [1.29, 1.82) is 0 Å². The van der Waals surface area contributed by atoms with Gasteiger partial charge in [-0.1, -0.05) is 36.4 Å². The van der Waals surface area contributed by atoms with Crippen molar-refractivity contribution in [3.8, 4) is 0 Å². The molecule has 2 aromatic carbocycles. The van der Waals surface area contributed by atoms with Crippen LogP contribution < -0.4 is 5.32 Å². The zero-order valence-electron chi connectivity index (χ0n) is 22.4. The Morgan fingerprint density at radius 3 is 1.71 bits per heavy atom. The number of amides is 2. The molecule has 0 aliphatic carbocycles. The lowest BCUT2D eigenvalue weighted by Gasteiger charge is -2.39. The quantitative estimate of drug-likeness (QED) is 0.336. The normalized spacial score (nSPS) is 12.3. The minimum atomic E-state index is -2.38. The van der Waals surface area contributed by atoms with Gasteiger partial charge in [0.2, 0.25) is 0 Å². The summed E-state index contributed by atoms with van der Waals surface area (Å²) in [6.07, 6.45) is 0.795. The van der Waals surface area contributed by atoms with E-state index in [0.717, 1.165) is 12.5 Å². The topological polar surface area (TPSA) is 67.9 Å². The van der Waals surface area contributed by atoms with E-state index in [1.807, 2.05) is 53.4 Å². The molecule has 6 nitrogen and oxygen atoms in total. The van der Waals surface area contributed by atoms with Crippen LogP contribution in [0.4, 0.5) is 0 Å². The van der Waals surface area contributed by atoms with Crippen LogP contribution in [0.5, 0.6) is 0 Å². The van der Waals surface area contributed by atoms with Crippen LogP contribution >= 0.6 is 0 Å². The van der Waals surface area contributed by atoms with E-state index in [4.69, 9.17) is 8.23 Å². The van der Waals surface area contributed by atoms with Gasteiger partial charge in [0.25, 0.3) is 11.8 Å². The zero-order valence-corrected chi connectivity index (χ0v) is 25.4. The van der Waals surface area contributed by atoms with Gasteiger partial charge >= 0.3 is 8.56 Å². The summed E-state index contributed by atoms with van der Waals surface area (Å²) < 4.78 is 13.2. The van der Waals surface area contributed by atoms with Crippen LogP contribution in [0.1, 0.15) is 27.1 Å². The molecular formula is C26H42N2O4Si3. The third kappa shape index (κ3) is 11.0. The van der Waals surface area contributed by atoms with Gasteiger partial charge in [0, 0.05) is 30.8 Å². The highest BCUT2D eigenvalue weighted by molar-refractivity contribution is 6.87. The fourth-order valence-electron chi connectivity index (χ4n) is 4.08. The van der Waals surface area contributed by atoms with Crippen molar-refractivity contribution in [3.63, 3.8) is 0 Å². The van der Waals surface area contributed by atoms with E-state index < -0.39 is 25.2 Å². The van der Waals surface area contributed by atoms with Gasteiger partial charge in [0.05, 0.1) is 0 Å². The fourth-order valence-corrected chi connectivity index (χ4v) is 16.6. The fraction of sp³-hybridized carbons (Fsp3) is 0.462. The molecule has 0 unspecified atom stereocenters. The first-order chi connectivity index (χ1) is 16.3. The van der Waals surface area contributed by atoms with Crippen LogP contribution in [0.2, 0.25) is 51.9 Å². The van der Waals surface area contributed by atoms with Crippen LogP contribution in [0.3, 0.4) is 0 Å². The Balaban J connectivity index is 2.06. The van der Waals surface area contributed by atoms with Crippen LogP contribution in [0.25, 0.3) is 0 Å². The van der Waals surface area contributed by atoms with Gasteiger partial charge in [-0.25, -0.2) is 0 Å². The second-order valence-corrected chi connectivity index (χ2v) is 23.8. The second kappa shape index (κ2) is 12.8. The predicted molar refractivity (Wildman–Crippen MR) is 151 cm³/mol. The van der Waals surface area contributed by atoms with Crippen molar-refractivity contribution < 1.29 is 17.8 Å². The summed E-state index contributed by atoms with van der Waals surface area (Å²) in [5.41, 5.74) is 1.26. The molecule has 0 saturated carbocycles. The molecule has 2 rings (SSSR count). The SMILES string of the molecule is C[Si](C)(C)O[Si](C)(CCCN(CCNC(=O)c1ccccc1)C(=O)c1ccccc1)O[Si](C)(C)C. The third-order valence-electron chi connectivity index (χ3n) is 5.11. The summed E-state index contributed by atoms with van der Waals surface area (Å²) in [5, 5.41) is 2.94. The number of hydrogen-bond acceptors (Lipinski definition) is 4. The van der Waals surface area contributed by atoms with Crippen molar-refractivity contribution in [2.45, 2.75) is 58.3 Å². The number of carbonyl (C=O) groups excluding carboxylic acids is 2. The van der Waals surface area contributed by atoms with Crippen molar-refractivity contribution in [1.82, 2.24) is 10.2 Å². The minimum absolute atomic E-state index is 0.0276. The van der Waals surface area contributed by atoms with Gasteiger partial charge < -0.3 is 18.4 Å². The molecule has 0 spiro atoms. The minimum Gasteiger partial charge on any atom is -0.437 e. The summed E-state index contributed by atoms with van der Waals surface area (Å²) in [4.78, 5) is 27.6. The third-order valence-corrected chi connectivity index (χ3v) is 14.7. The summed E-state index contributed by atoms with van der Waals surface area (Å²) in [6.45, 7) is 16.8. The van der Waals surface area contributed by atoms with Crippen LogP contribution in [-0.2, 0) is 8.23 Å². The maximum atomic E-state index is 13.3. The number of benzene rings is 2. The van der Waals surface area contributed by atoms with Crippen molar-refractivity contribution >= 4 is 37.0 Å². The van der Waals surface area contributed by atoms with Gasteiger partial charge in [0.1, 0.15) is 0 Å². The van der Waals surface area contributed by atoms with Crippen molar-refractivity contribution in [2.75, 3.05) is 19.6 Å². The van der Waals surface area contributed by atoms with Crippen LogP contribution in [0.15, 0.2) is 60.7 Å². The Morgan fingerprint density at radius 2 is 1.23 bits per heavy atom. The van der Waals surface area contributed by atoms with E-state index >= 15 is 0 Å². The van der Waals surface area contributed by atoms with E-state index in [9.17, 15) is 9.59 Å². The molecule has 0 aliphatic rings. The van der Waals surface area contributed by atoms with E-state index in [1.165, 1.54) is 0 Å². The van der Waals surface area contributed by atoms with Gasteiger partial charge in [-0.3, -0.25) is 9.59 Å². The molecule has 0 fully saturated rings. The van der Waals surface area contributed by atoms with Gasteiger partial charge in [-0.05, 0) is 82.6 Å². The number of nitrogens with zero attached hydrogens (tertiary/aromatic N) is 1. The van der Waals surface area contributed by atoms with Crippen LogP contribution in [-0.4, -0.2) is 61.5 Å². The molecule has 9 heteroatoms. The summed E-state index contributed by atoms with van der Waals surface area (Å²) >= 11 is 0. The molecule has 0 heterocycles. The Labute approximate surface area is 214 Å². The molecule has 1 N–H and O–H groups in total. The first-order valence-corrected chi connectivity index (χ1v) is 21.7. The molecule has 2 amide bonds. The lowest BCUT2D eigenvalue weighted by Crippen LogP contribution is -2.52. The number of rotatable bonds is 13. The number of carbonyl (C=O) groups is 2. The molecule has 0 aliphatic heterocycles. The molecule has 0 saturated heterocycles. The predicted octanol–water partition coefficient (Wildman–Crippen LogP) is 5.72. The molecule has 0 bridgehead atoms. The Kier molecular flexibility index (Phi) is 10.7. The van der Waals surface area contributed by atoms with Crippen LogP contribution in [0, 0.1) is 0 Å². The molecule has 0 aromatic heterocycles. The first kappa shape index (κ1) is 29.2. The molecular weight excluding hydrogens is 489 g/mol. The number of hydrogen-bond donors (Lipinski definition) is 1. The van der Waals surface area contributed by atoms with E-state index in [1.54, 1.807) is 12.1 Å². The standard InChI is InChI=1S/C26H42N2O4Si3/c1-33(2,3)31-35(7,32-34(4,5)6)22-14-20-28(26(30)24-17-12-9-13-18-24)21-19-27-25(29)23-15-10-8-11-16-23/h8-13,15-18H,14,19-22H2,1-7H3,(H,27,29). The first-order valence-electron chi connectivity index (χ1n) is 12.4. The van der Waals surface area contributed by atoms with Gasteiger partial charge in [0.15, 0.2) is 16.6 Å². The Bertz CT molecular complexity index is 929. The smallest absolute Gasteiger partial charge is 0.314 e. The molecule has 0 atom stereocenters. The molecule has 35 heavy (non-hydrogen) atoms. The average Bonchev–Trinajstić information content (AvgIpc) is 2.76. The van der Waals surface area contributed by atoms with Gasteiger partial charge in [-0.15, -0.1) is 0 Å². The molecule has 0 radical (unpaired) electrons.